The molecule has 112 valence electrons. The van der Waals surface area contributed by atoms with E-state index in [4.69, 9.17) is 4.74 Å². The van der Waals surface area contributed by atoms with Crippen LogP contribution in [0.2, 0.25) is 0 Å². The molecule has 3 nitrogen and oxygen atoms in total. The van der Waals surface area contributed by atoms with E-state index < -0.39 is 11.9 Å². The van der Waals surface area contributed by atoms with Crippen molar-refractivity contribution in [1.82, 2.24) is 5.32 Å². The van der Waals surface area contributed by atoms with Crippen LogP contribution < -0.4 is 10.1 Å². The average Bonchev–Trinajstić information content (AvgIpc) is 2.52. The van der Waals surface area contributed by atoms with Crippen molar-refractivity contribution in [1.29, 1.82) is 0 Å². The largest absolute Gasteiger partial charge is 0.487 e. The third-order valence-corrected chi connectivity index (χ3v) is 3.18. The van der Waals surface area contributed by atoms with Gasteiger partial charge in [-0.3, -0.25) is 0 Å². The number of para-hydroxylation sites is 1. The van der Waals surface area contributed by atoms with Crippen molar-refractivity contribution in [2.45, 2.75) is 19.6 Å². The first-order chi connectivity index (χ1) is 10.2. The number of hydrogen-bond donors (Lipinski definition) is 2. The molecular weight excluding hydrogens is 269 g/mol. The Kier molecular flexibility index (Phi) is 5.72. The Morgan fingerprint density at radius 1 is 1.14 bits per heavy atom. The molecular formula is C17H20FNO2. The van der Waals surface area contributed by atoms with E-state index in [0.717, 1.165) is 17.7 Å². The molecule has 0 aliphatic rings. The zero-order valence-electron chi connectivity index (χ0n) is 12.1. The van der Waals surface area contributed by atoms with E-state index in [0.29, 0.717) is 6.54 Å². The second kappa shape index (κ2) is 7.76. The first-order valence-corrected chi connectivity index (χ1v) is 7.06. The highest BCUT2D eigenvalue weighted by atomic mass is 19.1. The number of nitrogens with one attached hydrogen (secondary N) is 1. The minimum absolute atomic E-state index is 0.0179. The van der Waals surface area contributed by atoms with Crippen LogP contribution in [0.3, 0.4) is 0 Å². The predicted molar refractivity (Wildman–Crippen MR) is 80.7 cm³/mol. The van der Waals surface area contributed by atoms with Gasteiger partial charge in [0, 0.05) is 12.1 Å². The summed E-state index contributed by atoms with van der Waals surface area (Å²) in [6, 6.07) is 14.0. The average molecular weight is 289 g/mol. The number of ether oxygens (including phenoxy) is 1. The fourth-order valence-electron chi connectivity index (χ4n) is 2.05. The third kappa shape index (κ3) is 4.28. The van der Waals surface area contributed by atoms with Crippen molar-refractivity contribution in [3.8, 4) is 5.75 Å². The zero-order chi connectivity index (χ0) is 15.1. The highest BCUT2D eigenvalue weighted by Crippen LogP contribution is 2.24. The molecule has 2 aromatic carbocycles. The molecule has 21 heavy (non-hydrogen) atoms. The van der Waals surface area contributed by atoms with Crippen LogP contribution in [0.1, 0.15) is 24.2 Å². The van der Waals surface area contributed by atoms with E-state index >= 15 is 0 Å². The van der Waals surface area contributed by atoms with Crippen LogP contribution in [-0.4, -0.2) is 18.3 Å². The summed E-state index contributed by atoms with van der Waals surface area (Å²) in [6.45, 7) is 3.33. The van der Waals surface area contributed by atoms with Crippen LogP contribution in [-0.2, 0) is 6.54 Å². The maximum absolute atomic E-state index is 13.9. The predicted octanol–water partition coefficient (Wildman–Crippen LogP) is 3.05. The van der Waals surface area contributed by atoms with Crippen molar-refractivity contribution in [2.24, 2.45) is 0 Å². The van der Waals surface area contributed by atoms with Gasteiger partial charge in [0.2, 0.25) is 0 Å². The highest BCUT2D eigenvalue weighted by molar-refractivity contribution is 5.35. The van der Waals surface area contributed by atoms with E-state index in [1.54, 1.807) is 6.07 Å². The van der Waals surface area contributed by atoms with Crippen LogP contribution in [0.25, 0.3) is 0 Å². The minimum Gasteiger partial charge on any atom is -0.487 e. The topological polar surface area (TPSA) is 41.5 Å². The first kappa shape index (κ1) is 15.5. The molecule has 4 heteroatoms. The first-order valence-electron chi connectivity index (χ1n) is 7.06. The van der Waals surface area contributed by atoms with Gasteiger partial charge in [0.15, 0.2) is 11.6 Å². The van der Waals surface area contributed by atoms with Crippen molar-refractivity contribution >= 4 is 0 Å². The molecule has 0 bridgehead atoms. The van der Waals surface area contributed by atoms with Crippen LogP contribution in [0.4, 0.5) is 4.39 Å². The summed E-state index contributed by atoms with van der Waals surface area (Å²) in [5.74, 6) is -0.209. The normalized spacial score (nSPS) is 12.1. The van der Waals surface area contributed by atoms with Gasteiger partial charge in [0.25, 0.3) is 0 Å². The summed E-state index contributed by atoms with van der Waals surface area (Å²) in [7, 11) is 0. The Morgan fingerprint density at radius 2 is 1.90 bits per heavy atom. The molecule has 0 spiro atoms. The summed E-state index contributed by atoms with van der Waals surface area (Å²) in [6.07, 6.45) is -0.780. The molecule has 0 radical (unpaired) electrons. The third-order valence-electron chi connectivity index (χ3n) is 3.18. The molecule has 0 saturated heterocycles. The Morgan fingerprint density at radius 3 is 2.62 bits per heavy atom. The van der Waals surface area contributed by atoms with Crippen LogP contribution in [0.15, 0.2) is 48.5 Å². The Labute approximate surface area is 124 Å². The highest BCUT2D eigenvalue weighted by Gasteiger charge is 2.13. The van der Waals surface area contributed by atoms with E-state index in [-0.39, 0.29) is 12.4 Å². The van der Waals surface area contributed by atoms with Gasteiger partial charge < -0.3 is 15.2 Å². The fraction of sp³-hybridized carbons (Fsp3) is 0.294. The quantitative estimate of drug-likeness (QED) is 0.823. The monoisotopic (exact) mass is 289 g/mol. The maximum Gasteiger partial charge on any atom is 0.165 e. The van der Waals surface area contributed by atoms with Crippen LogP contribution in [0, 0.1) is 5.82 Å². The van der Waals surface area contributed by atoms with Gasteiger partial charge in [-0.15, -0.1) is 0 Å². The van der Waals surface area contributed by atoms with Gasteiger partial charge in [-0.2, -0.15) is 0 Å². The molecule has 2 N–H and O–H groups in total. The number of aliphatic hydroxyl groups is 1. The number of rotatable bonds is 7. The summed E-state index contributed by atoms with van der Waals surface area (Å²) in [5, 5.41) is 13.2. The molecule has 0 saturated carbocycles. The Balaban J connectivity index is 2.05. The summed E-state index contributed by atoms with van der Waals surface area (Å²) in [4.78, 5) is 0. The van der Waals surface area contributed by atoms with E-state index in [2.05, 4.69) is 5.32 Å². The lowest BCUT2D eigenvalue weighted by Crippen LogP contribution is -2.15. The lowest BCUT2D eigenvalue weighted by Gasteiger charge is -2.16. The van der Waals surface area contributed by atoms with Gasteiger partial charge in [-0.25, -0.2) is 4.39 Å². The van der Waals surface area contributed by atoms with E-state index in [9.17, 15) is 9.50 Å². The van der Waals surface area contributed by atoms with Crippen molar-refractivity contribution in [2.75, 3.05) is 13.2 Å². The second-order valence-electron chi connectivity index (χ2n) is 4.75. The van der Waals surface area contributed by atoms with E-state index in [1.165, 1.54) is 6.07 Å². The standard InChI is InChI=1S/C17H20FNO2/c1-2-19-11-14-9-6-10-15(18)17(14)21-12-16(20)13-7-4-3-5-8-13/h3-10,16,19-20H,2,11-12H2,1H3. The molecule has 2 rings (SSSR count). The van der Waals surface area contributed by atoms with Gasteiger partial charge >= 0.3 is 0 Å². The summed E-state index contributed by atoms with van der Waals surface area (Å²) in [5.41, 5.74) is 1.50. The minimum atomic E-state index is -0.780. The fourth-order valence-corrected chi connectivity index (χ4v) is 2.05. The number of hydrogen-bond acceptors (Lipinski definition) is 3. The molecule has 1 unspecified atom stereocenters. The van der Waals surface area contributed by atoms with Gasteiger partial charge in [0.1, 0.15) is 12.7 Å². The molecule has 0 aliphatic heterocycles. The molecule has 0 amide bonds. The van der Waals surface area contributed by atoms with Gasteiger partial charge in [-0.05, 0) is 18.2 Å². The summed E-state index contributed by atoms with van der Waals surface area (Å²) < 4.78 is 19.4. The number of halogens is 1. The number of benzene rings is 2. The van der Waals surface area contributed by atoms with Crippen molar-refractivity contribution < 1.29 is 14.2 Å². The molecule has 0 heterocycles. The van der Waals surface area contributed by atoms with Crippen LogP contribution >= 0.6 is 0 Å². The van der Waals surface area contributed by atoms with Gasteiger partial charge in [0.05, 0.1) is 0 Å². The molecule has 1 atom stereocenters. The van der Waals surface area contributed by atoms with Crippen molar-refractivity contribution in [3.05, 3.63) is 65.5 Å². The smallest absolute Gasteiger partial charge is 0.165 e. The second-order valence-corrected chi connectivity index (χ2v) is 4.75. The Bertz CT molecular complexity index is 560. The molecule has 2 aromatic rings. The lowest BCUT2D eigenvalue weighted by atomic mass is 10.1. The lowest BCUT2D eigenvalue weighted by molar-refractivity contribution is 0.105. The molecule has 0 aromatic heterocycles. The number of aliphatic hydroxyl groups excluding tert-OH is 1. The molecule has 0 aliphatic carbocycles. The van der Waals surface area contributed by atoms with Crippen molar-refractivity contribution in [3.63, 3.8) is 0 Å². The zero-order valence-corrected chi connectivity index (χ0v) is 12.1. The SMILES string of the molecule is CCNCc1cccc(F)c1OCC(O)c1ccccc1. The Hall–Kier alpha value is -1.91. The summed E-state index contributed by atoms with van der Waals surface area (Å²) >= 11 is 0. The maximum atomic E-state index is 13.9. The van der Waals surface area contributed by atoms with Crippen LogP contribution in [0.5, 0.6) is 5.75 Å². The van der Waals surface area contributed by atoms with Gasteiger partial charge in [-0.1, -0.05) is 49.4 Å². The van der Waals surface area contributed by atoms with E-state index in [1.807, 2.05) is 43.3 Å². The molecule has 0 fully saturated rings.